The quantitative estimate of drug-likeness (QED) is 0.175. The van der Waals surface area contributed by atoms with Crippen LogP contribution in [-0.2, 0) is 31.5 Å². The van der Waals surface area contributed by atoms with Crippen LogP contribution < -0.4 is 20.1 Å². The molecule has 7 rings (SSSR count). The van der Waals surface area contributed by atoms with E-state index in [1.807, 2.05) is 24.3 Å². The van der Waals surface area contributed by atoms with E-state index in [-0.39, 0.29) is 37.4 Å². The smallest absolute Gasteiger partial charge is 0.272 e. The fraction of sp³-hybridized carbons (Fsp3) is 0.450. The molecule has 1 saturated carbocycles. The highest BCUT2D eigenvalue weighted by atomic mass is 32.2. The Morgan fingerprint density at radius 3 is 2.66 bits per heavy atom. The van der Waals surface area contributed by atoms with Gasteiger partial charge in [0.2, 0.25) is 27.7 Å². The number of benzene rings is 2. The molecule has 4 amide bonds. The SMILES string of the molecule is CCC(C)S(=O)(=O)NC(=O)[C@@]12C[C@H]1/C=C\CCCCC[C@H](NC(=O)c1ccn(C)n1)C(=O)N1C[C@H](Oc3nc4ccccc4c4cc(F)ccc34)C[C@H]1C(=O)N2. The summed E-state index contributed by atoms with van der Waals surface area (Å²) in [4.78, 5) is 62.4. The summed E-state index contributed by atoms with van der Waals surface area (Å²) in [5.74, 6) is -3.28. The lowest BCUT2D eigenvalue weighted by Gasteiger charge is -2.30. The van der Waals surface area contributed by atoms with Crippen LogP contribution in [0.25, 0.3) is 21.7 Å². The van der Waals surface area contributed by atoms with Crippen LogP contribution in [0.4, 0.5) is 4.39 Å². The van der Waals surface area contributed by atoms with Crippen molar-refractivity contribution in [3.05, 3.63) is 78.4 Å². The molecule has 3 N–H and O–H groups in total. The summed E-state index contributed by atoms with van der Waals surface area (Å²) in [6.45, 7) is 3.13. The number of aryl methyl sites for hydroxylation is 1. The molecule has 4 aromatic rings. The monoisotopic (exact) mass is 787 g/mol. The number of nitrogens with zero attached hydrogens (tertiary/aromatic N) is 4. The molecule has 296 valence electrons. The number of halogens is 1. The lowest BCUT2D eigenvalue weighted by Crippen LogP contribution is -2.58. The average Bonchev–Trinajstić information content (AvgIpc) is 3.44. The van der Waals surface area contributed by atoms with E-state index in [1.165, 1.54) is 28.6 Å². The highest BCUT2D eigenvalue weighted by Gasteiger charge is 2.61. The number of amides is 4. The number of nitrogens with one attached hydrogen (secondary N) is 3. The first kappa shape index (κ1) is 38.9. The molecule has 3 aliphatic rings. The van der Waals surface area contributed by atoms with Crippen LogP contribution >= 0.6 is 0 Å². The molecule has 0 radical (unpaired) electrons. The molecule has 0 bridgehead atoms. The van der Waals surface area contributed by atoms with Gasteiger partial charge in [-0.3, -0.25) is 28.6 Å². The molecular weight excluding hydrogens is 742 g/mol. The molecule has 2 aliphatic heterocycles. The molecule has 14 nitrogen and oxygen atoms in total. The van der Waals surface area contributed by atoms with E-state index < -0.39 is 74.4 Å². The van der Waals surface area contributed by atoms with Crippen molar-refractivity contribution in [1.29, 1.82) is 0 Å². The van der Waals surface area contributed by atoms with Gasteiger partial charge in [0, 0.05) is 36.4 Å². The number of sulfonamides is 1. The first-order valence-electron chi connectivity index (χ1n) is 19.1. The molecule has 0 spiro atoms. The Kier molecular flexibility index (Phi) is 10.9. The Hall–Kier alpha value is -5.38. The second kappa shape index (κ2) is 15.6. The van der Waals surface area contributed by atoms with E-state index in [4.69, 9.17) is 9.72 Å². The van der Waals surface area contributed by atoms with Crippen molar-refractivity contribution in [1.82, 2.24) is 35.0 Å². The summed E-state index contributed by atoms with van der Waals surface area (Å²) in [5.41, 5.74) is -0.869. The maximum atomic E-state index is 14.6. The van der Waals surface area contributed by atoms with Crippen LogP contribution in [-0.4, -0.2) is 87.2 Å². The molecule has 56 heavy (non-hydrogen) atoms. The van der Waals surface area contributed by atoms with Crippen LogP contribution in [0.3, 0.4) is 0 Å². The van der Waals surface area contributed by atoms with Gasteiger partial charge in [0.25, 0.3) is 11.8 Å². The van der Waals surface area contributed by atoms with E-state index in [0.717, 1.165) is 18.2 Å². The van der Waals surface area contributed by atoms with Gasteiger partial charge in [-0.2, -0.15) is 5.10 Å². The molecule has 2 fully saturated rings. The zero-order valence-electron chi connectivity index (χ0n) is 31.5. The number of carbonyl (C=O) groups is 4. The van der Waals surface area contributed by atoms with E-state index in [2.05, 4.69) is 20.5 Å². The predicted octanol–water partition coefficient (Wildman–Crippen LogP) is 4.05. The van der Waals surface area contributed by atoms with Gasteiger partial charge >= 0.3 is 0 Å². The van der Waals surface area contributed by atoms with Crippen LogP contribution in [0.15, 0.2) is 66.9 Å². The molecular formula is C40H46FN7O7S. The number of carbonyl (C=O) groups excluding carboxylic acids is 4. The second-order valence-electron chi connectivity index (χ2n) is 15.0. The topological polar surface area (TPSA) is 182 Å². The molecule has 4 heterocycles. The zero-order valence-corrected chi connectivity index (χ0v) is 32.4. The number of ether oxygens (including phenoxy) is 1. The molecule has 2 aromatic heterocycles. The largest absolute Gasteiger partial charge is 0.472 e. The first-order chi connectivity index (χ1) is 26.8. The van der Waals surface area contributed by atoms with Crippen LogP contribution in [0.5, 0.6) is 5.88 Å². The van der Waals surface area contributed by atoms with Crippen LogP contribution in [0.1, 0.15) is 75.7 Å². The third kappa shape index (κ3) is 7.84. The van der Waals surface area contributed by atoms with Gasteiger partial charge < -0.3 is 20.3 Å². The van der Waals surface area contributed by atoms with Crippen LogP contribution in [0, 0.1) is 11.7 Å². The number of hydrogen-bond acceptors (Lipinski definition) is 9. The highest BCUT2D eigenvalue weighted by molar-refractivity contribution is 7.90. The van der Waals surface area contributed by atoms with Gasteiger partial charge in [0.05, 0.1) is 17.3 Å². The summed E-state index contributed by atoms with van der Waals surface area (Å²) in [6.07, 6.45) is 8.11. The molecule has 2 aromatic carbocycles. The number of aromatic nitrogens is 3. The lowest BCUT2D eigenvalue weighted by atomic mass is 10.0. The normalized spacial score (nSPS) is 25.6. The van der Waals surface area contributed by atoms with E-state index in [1.54, 1.807) is 44.4 Å². The fourth-order valence-electron chi connectivity index (χ4n) is 7.62. The number of allylic oxidation sites excluding steroid dienone is 1. The molecule has 6 atom stereocenters. The minimum absolute atomic E-state index is 0.0148. The van der Waals surface area contributed by atoms with Crippen molar-refractivity contribution in [3.8, 4) is 5.88 Å². The number of pyridine rings is 1. The third-order valence-electron chi connectivity index (χ3n) is 11.1. The van der Waals surface area contributed by atoms with Gasteiger partial charge in [0.1, 0.15) is 35.2 Å². The van der Waals surface area contributed by atoms with Gasteiger partial charge in [-0.1, -0.05) is 50.1 Å². The molecule has 1 unspecified atom stereocenters. The molecule has 1 aliphatic carbocycles. The standard InChI is InChI=1S/C40H46FN7O7S/c1-4-24(2)56(53,54)46-39(52)40-22-25(40)12-8-6-5-7-9-15-33(42-35(49)32-18-19-47(3)45-32)38(51)48-23-27(21-34(48)36(50)44-40)55-37-29-17-16-26(41)20-30(29)28-13-10-11-14-31(28)43-37/h8,10-14,16-20,24-25,27,33-34H,4-7,9,15,21-23H2,1-3H3,(H,42,49)(H,44,50)(H,46,52)/b12-8-/t24?,25-,27-,33+,34+,40-/m1/s1. The molecule has 16 heteroatoms. The Labute approximate surface area is 324 Å². The summed E-state index contributed by atoms with van der Waals surface area (Å²) in [6, 6.07) is 10.9. The van der Waals surface area contributed by atoms with Crippen molar-refractivity contribution >= 4 is 55.3 Å². The Morgan fingerprint density at radius 1 is 1.09 bits per heavy atom. The van der Waals surface area contributed by atoms with Crippen molar-refractivity contribution in [2.45, 2.75) is 94.2 Å². The summed E-state index contributed by atoms with van der Waals surface area (Å²) in [7, 11) is -2.36. The Balaban J connectivity index is 1.23. The maximum Gasteiger partial charge on any atom is 0.272 e. The zero-order chi connectivity index (χ0) is 39.8. The first-order valence-corrected chi connectivity index (χ1v) is 20.6. The van der Waals surface area contributed by atoms with Gasteiger partial charge in [0.15, 0.2) is 0 Å². The average molecular weight is 788 g/mol. The fourth-order valence-corrected chi connectivity index (χ4v) is 8.70. The van der Waals surface area contributed by atoms with Gasteiger partial charge in [-0.15, -0.1) is 0 Å². The Morgan fingerprint density at radius 2 is 1.89 bits per heavy atom. The molecule has 1 saturated heterocycles. The second-order valence-corrected chi connectivity index (χ2v) is 17.1. The Bertz CT molecular complexity index is 2330. The maximum absolute atomic E-state index is 14.6. The van der Waals surface area contributed by atoms with Crippen molar-refractivity contribution in [3.63, 3.8) is 0 Å². The van der Waals surface area contributed by atoms with Crippen molar-refractivity contribution in [2.75, 3.05) is 6.54 Å². The van der Waals surface area contributed by atoms with E-state index in [0.29, 0.717) is 35.6 Å². The minimum Gasteiger partial charge on any atom is -0.472 e. The van der Waals surface area contributed by atoms with Gasteiger partial charge in [-0.25, -0.2) is 17.8 Å². The number of rotatable bonds is 8. The summed E-state index contributed by atoms with van der Waals surface area (Å²) >= 11 is 0. The summed E-state index contributed by atoms with van der Waals surface area (Å²) in [5, 5.41) is 10.9. The summed E-state index contributed by atoms with van der Waals surface area (Å²) < 4.78 is 50.7. The predicted molar refractivity (Wildman–Crippen MR) is 206 cm³/mol. The van der Waals surface area contributed by atoms with Crippen molar-refractivity contribution < 1.29 is 36.7 Å². The van der Waals surface area contributed by atoms with Crippen LogP contribution in [0.2, 0.25) is 0 Å². The third-order valence-corrected chi connectivity index (χ3v) is 13.0. The number of para-hydroxylation sites is 1. The van der Waals surface area contributed by atoms with Gasteiger partial charge in [-0.05, 0) is 74.7 Å². The van der Waals surface area contributed by atoms with Crippen molar-refractivity contribution in [2.24, 2.45) is 13.0 Å². The number of hydrogen-bond donors (Lipinski definition) is 3. The van der Waals surface area contributed by atoms with E-state index in [9.17, 15) is 32.0 Å². The lowest BCUT2D eigenvalue weighted by molar-refractivity contribution is -0.141. The van der Waals surface area contributed by atoms with E-state index >= 15 is 0 Å². The number of fused-ring (bicyclic) bond motifs is 5. The minimum atomic E-state index is -4.04. The highest BCUT2D eigenvalue weighted by Crippen LogP contribution is 2.46.